The Hall–Kier alpha value is -3.66. The second-order valence-corrected chi connectivity index (χ2v) is 7.63. The van der Waals surface area contributed by atoms with Crippen LogP contribution < -0.4 is 5.32 Å². The van der Waals surface area contributed by atoms with Crippen LogP contribution in [-0.2, 0) is 11.3 Å². The summed E-state index contributed by atoms with van der Waals surface area (Å²) in [5.74, 6) is -0.491. The van der Waals surface area contributed by atoms with Crippen LogP contribution in [0, 0.1) is 17.0 Å². The third kappa shape index (κ3) is 5.73. The minimum absolute atomic E-state index is 0.0628. The number of carbonyl (C=O) groups is 1. The zero-order valence-electron chi connectivity index (χ0n) is 18.0. The molecular formula is C22H26N6O4. The van der Waals surface area contributed by atoms with Crippen molar-refractivity contribution in [2.24, 2.45) is 0 Å². The third-order valence-corrected chi connectivity index (χ3v) is 5.15. The Labute approximate surface area is 185 Å². The standard InChI is InChI=1S/C22H26N6O4/c1-3-4-11-27-22(24-25-26-27)21(17-9-6-10-18(13-17)28(31)32)23-19(14-20(29)30)16-8-5-7-15(2)12-16/h5-10,12-13,19,21,23H,3-4,11,14H2,1-2H3,(H,29,30). The molecular weight excluding hydrogens is 412 g/mol. The fourth-order valence-corrected chi connectivity index (χ4v) is 3.56. The molecule has 0 amide bonds. The van der Waals surface area contributed by atoms with Crippen LogP contribution in [0.3, 0.4) is 0 Å². The van der Waals surface area contributed by atoms with Gasteiger partial charge in [0, 0.05) is 24.7 Å². The van der Waals surface area contributed by atoms with Gasteiger partial charge >= 0.3 is 5.97 Å². The van der Waals surface area contributed by atoms with Crippen molar-refractivity contribution in [2.75, 3.05) is 0 Å². The number of hydrogen-bond donors (Lipinski definition) is 2. The maximum absolute atomic E-state index is 11.6. The van der Waals surface area contributed by atoms with E-state index in [1.54, 1.807) is 16.8 Å². The molecule has 1 aromatic heterocycles. The molecule has 0 fully saturated rings. The average molecular weight is 438 g/mol. The van der Waals surface area contributed by atoms with Gasteiger partial charge in [0.1, 0.15) is 0 Å². The zero-order chi connectivity index (χ0) is 23.1. The second-order valence-electron chi connectivity index (χ2n) is 7.63. The molecule has 0 radical (unpaired) electrons. The van der Waals surface area contributed by atoms with Gasteiger partial charge < -0.3 is 5.11 Å². The predicted molar refractivity (Wildman–Crippen MR) is 117 cm³/mol. The third-order valence-electron chi connectivity index (χ3n) is 5.15. The Bertz CT molecular complexity index is 1080. The van der Waals surface area contributed by atoms with Gasteiger partial charge in [-0.15, -0.1) is 5.10 Å². The van der Waals surface area contributed by atoms with E-state index in [1.807, 2.05) is 31.2 Å². The molecule has 0 saturated carbocycles. The minimum atomic E-state index is -0.965. The summed E-state index contributed by atoms with van der Waals surface area (Å²) >= 11 is 0. The first-order valence-corrected chi connectivity index (χ1v) is 10.4. The van der Waals surface area contributed by atoms with E-state index in [1.165, 1.54) is 12.1 Å². The lowest BCUT2D eigenvalue weighted by Crippen LogP contribution is -2.31. The highest BCUT2D eigenvalue weighted by Gasteiger charge is 2.27. The van der Waals surface area contributed by atoms with Gasteiger partial charge in [0.2, 0.25) is 0 Å². The van der Waals surface area contributed by atoms with Gasteiger partial charge in [-0.05, 0) is 34.9 Å². The molecule has 3 aromatic rings. The number of nitro benzene ring substituents is 1. The Kier molecular flexibility index (Phi) is 7.61. The second kappa shape index (κ2) is 10.6. The number of carboxylic acid groups (broad SMARTS) is 1. The molecule has 0 spiro atoms. The number of nitrogens with one attached hydrogen (secondary N) is 1. The van der Waals surface area contributed by atoms with Crippen LogP contribution in [0.15, 0.2) is 48.5 Å². The number of aryl methyl sites for hydroxylation is 2. The molecule has 10 nitrogen and oxygen atoms in total. The monoisotopic (exact) mass is 438 g/mol. The lowest BCUT2D eigenvalue weighted by atomic mass is 9.98. The maximum atomic E-state index is 11.6. The van der Waals surface area contributed by atoms with Crippen LogP contribution in [0.2, 0.25) is 0 Å². The summed E-state index contributed by atoms with van der Waals surface area (Å²) in [7, 11) is 0. The van der Waals surface area contributed by atoms with Crippen LogP contribution in [0.1, 0.15) is 60.8 Å². The van der Waals surface area contributed by atoms with Gasteiger partial charge in [-0.2, -0.15) is 0 Å². The average Bonchev–Trinajstić information content (AvgIpc) is 3.23. The van der Waals surface area contributed by atoms with Crippen LogP contribution in [0.25, 0.3) is 0 Å². The molecule has 10 heteroatoms. The van der Waals surface area contributed by atoms with Crippen LogP contribution in [-0.4, -0.2) is 36.2 Å². The van der Waals surface area contributed by atoms with E-state index >= 15 is 0 Å². The van der Waals surface area contributed by atoms with E-state index < -0.39 is 23.0 Å². The van der Waals surface area contributed by atoms with Crippen molar-refractivity contribution in [3.05, 3.63) is 81.2 Å². The highest BCUT2D eigenvalue weighted by Crippen LogP contribution is 2.29. The fraction of sp³-hybridized carbons (Fsp3) is 0.364. The van der Waals surface area contributed by atoms with Gasteiger partial charge in [-0.1, -0.05) is 55.3 Å². The molecule has 2 unspecified atom stereocenters. The number of carboxylic acids is 1. The van der Waals surface area contributed by atoms with E-state index in [9.17, 15) is 20.0 Å². The van der Waals surface area contributed by atoms with Crippen molar-refractivity contribution in [2.45, 2.75) is 51.7 Å². The van der Waals surface area contributed by atoms with Crippen LogP contribution >= 0.6 is 0 Å². The predicted octanol–water partition coefficient (Wildman–Crippen LogP) is 3.58. The van der Waals surface area contributed by atoms with E-state index in [4.69, 9.17) is 0 Å². The molecule has 32 heavy (non-hydrogen) atoms. The number of tetrazole rings is 1. The maximum Gasteiger partial charge on any atom is 0.305 e. The number of benzene rings is 2. The first-order chi connectivity index (χ1) is 15.4. The van der Waals surface area contributed by atoms with Crippen molar-refractivity contribution in [3.8, 4) is 0 Å². The SMILES string of the molecule is CCCCn1nnnc1C(NC(CC(=O)O)c1cccc(C)c1)c1cccc([N+](=O)[O-])c1. The summed E-state index contributed by atoms with van der Waals surface area (Å²) in [6.07, 6.45) is 1.63. The van der Waals surface area contributed by atoms with Crippen molar-refractivity contribution in [1.29, 1.82) is 0 Å². The number of aromatic nitrogens is 4. The van der Waals surface area contributed by atoms with E-state index in [2.05, 4.69) is 27.8 Å². The topological polar surface area (TPSA) is 136 Å². The molecule has 0 bridgehead atoms. The zero-order valence-corrected chi connectivity index (χ0v) is 18.0. The van der Waals surface area contributed by atoms with E-state index in [0.29, 0.717) is 17.9 Å². The molecule has 3 rings (SSSR count). The van der Waals surface area contributed by atoms with Gasteiger partial charge in [-0.3, -0.25) is 20.2 Å². The van der Waals surface area contributed by atoms with E-state index in [0.717, 1.165) is 24.0 Å². The highest BCUT2D eigenvalue weighted by atomic mass is 16.6. The number of nitro groups is 1. The van der Waals surface area contributed by atoms with Crippen molar-refractivity contribution >= 4 is 11.7 Å². The molecule has 2 aromatic carbocycles. The highest BCUT2D eigenvalue weighted by molar-refractivity contribution is 5.68. The summed E-state index contributed by atoms with van der Waals surface area (Å²) in [6.45, 7) is 4.57. The van der Waals surface area contributed by atoms with Crippen LogP contribution in [0.4, 0.5) is 5.69 Å². The largest absolute Gasteiger partial charge is 0.481 e. The molecule has 0 aliphatic heterocycles. The van der Waals surface area contributed by atoms with Crippen molar-refractivity contribution in [1.82, 2.24) is 25.5 Å². The summed E-state index contributed by atoms with van der Waals surface area (Å²) in [5.41, 5.74) is 2.32. The normalized spacial score (nSPS) is 12.9. The molecule has 0 aliphatic carbocycles. The van der Waals surface area contributed by atoms with Gasteiger partial charge in [0.15, 0.2) is 5.82 Å². The number of hydrogen-bond acceptors (Lipinski definition) is 7. The van der Waals surface area contributed by atoms with Crippen molar-refractivity contribution in [3.63, 3.8) is 0 Å². The lowest BCUT2D eigenvalue weighted by molar-refractivity contribution is -0.384. The number of aliphatic carboxylic acids is 1. The molecule has 2 N–H and O–H groups in total. The smallest absolute Gasteiger partial charge is 0.305 e. The van der Waals surface area contributed by atoms with Gasteiger partial charge in [0.25, 0.3) is 5.69 Å². The van der Waals surface area contributed by atoms with E-state index in [-0.39, 0.29) is 12.1 Å². The molecule has 0 saturated heterocycles. The number of nitrogens with zero attached hydrogens (tertiary/aromatic N) is 5. The minimum Gasteiger partial charge on any atom is -0.481 e. The summed E-state index contributed by atoms with van der Waals surface area (Å²) in [5, 5.41) is 36.3. The Morgan fingerprint density at radius 2 is 1.97 bits per heavy atom. The Balaban J connectivity index is 2.06. The summed E-state index contributed by atoms with van der Waals surface area (Å²) in [6, 6.07) is 12.6. The number of unbranched alkanes of at least 4 members (excludes halogenated alkanes) is 1. The molecule has 1 heterocycles. The Morgan fingerprint density at radius 3 is 2.66 bits per heavy atom. The first kappa shape index (κ1) is 23.0. The first-order valence-electron chi connectivity index (χ1n) is 10.4. The Morgan fingerprint density at radius 1 is 1.22 bits per heavy atom. The van der Waals surface area contributed by atoms with Crippen LogP contribution in [0.5, 0.6) is 0 Å². The molecule has 2 atom stereocenters. The number of rotatable bonds is 11. The number of non-ortho nitro benzene ring substituents is 1. The molecule has 168 valence electrons. The fourth-order valence-electron chi connectivity index (χ4n) is 3.56. The lowest BCUT2D eigenvalue weighted by Gasteiger charge is -2.25. The van der Waals surface area contributed by atoms with Gasteiger partial charge in [0.05, 0.1) is 17.4 Å². The quantitative estimate of drug-likeness (QED) is 0.342. The summed E-state index contributed by atoms with van der Waals surface area (Å²) < 4.78 is 1.66. The molecule has 0 aliphatic rings. The van der Waals surface area contributed by atoms with Crippen molar-refractivity contribution < 1.29 is 14.8 Å². The van der Waals surface area contributed by atoms with Gasteiger partial charge in [-0.25, -0.2) is 4.68 Å². The summed E-state index contributed by atoms with van der Waals surface area (Å²) in [4.78, 5) is 22.5.